The minimum Gasteiger partial charge on any atom is -0.379 e. The second kappa shape index (κ2) is 11.2. The van der Waals surface area contributed by atoms with E-state index in [0.29, 0.717) is 32.8 Å². The predicted octanol–water partition coefficient (Wildman–Crippen LogP) is 3.30. The molecule has 178 valence electrons. The van der Waals surface area contributed by atoms with Gasteiger partial charge in [0.15, 0.2) is 0 Å². The highest BCUT2D eigenvalue weighted by atomic mass is 32.1. The molecule has 8 heteroatoms. The number of aryl methyl sites for hydroxylation is 1. The molecule has 0 unspecified atom stereocenters. The summed E-state index contributed by atoms with van der Waals surface area (Å²) in [5.41, 5.74) is 2.02. The number of hydrogen-bond acceptors (Lipinski definition) is 5. The molecule has 1 aromatic carbocycles. The topological polar surface area (TPSA) is 53.1 Å². The number of benzene rings is 1. The van der Waals surface area contributed by atoms with E-state index in [1.54, 1.807) is 33.3 Å². The van der Waals surface area contributed by atoms with E-state index in [0.717, 1.165) is 48.5 Å². The molecule has 2 aliphatic rings. The molecule has 2 heterocycles. The first-order chi connectivity index (χ1) is 16.0. The van der Waals surface area contributed by atoms with E-state index in [1.165, 1.54) is 12.1 Å². The number of ether oxygens (including phenoxy) is 1. The van der Waals surface area contributed by atoms with E-state index in [2.05, 4.69) is 4.90 Å². The average Bonchev–Trinajstić information content (AvgIpc) is 3.60. The zero-order chi connectivity index (χ0) is 23.2. The molecule has 1 saturated heterocycles. The van der Waals surface area contributed by atoms with Gasteiger partial charge in [-0.2, -0.15) is 0 Å². The maximum absolute atomic E-state index is 13.5. The highest BCUT2D eigenvalue weighted by Gasteiger charge is 2.35. The Balaban J connectivity index is 1.45. The van der Waals surface area contributed by atoms with Gasteiger partial charge in [0, 0.05) is 43.5 Å². The Morgan fingerprint density at radius 2 is 1.82 bits per heavy atom. The maximum Gasteiger partial charge on any atom is 0.242 e. The number of carbonyl (C=O) groups is 2. The summed E-state index contributed by atoms with van der Waals surface area (Å²) < 4.78 is 18.8. The Kier molecular flexibility index (Phi) is 8.11. The fourth-order valence-corrected chi connectivity index (χ4v) is 4.91. The van der Waals surface area contributed by atoms with Crippen molar-refractivity contribution in [1.29, 1.82) is 0 Å². The molecule has 0 N–H and O–H groups in total. The van der Waals surface area contributed by atoms with Crippen molar-refractivity contribution in [3.05, 3.63) is 57.5 Å². The molecule has 1 aromatic heterocycles. The fraction of sp³-hybridized carbons (Fsp3) is 0.520. The second-order valence-electron chi connectivity index (χ2n) is 8.89. The molecule has 6 nitrogen and oxygen atoms in total. The lowest BCUT2D eigenvalue weighted by Gasteiger charge is -2.31. The standard InChI is InChI=1S/C25H32FN3O3S/c1-19-8-15-33-23(19)17-29(16-20-2-6-22(26)7-3-20)24(30)18-28(25(31)21-4-5-21)10-9-27-11-13-32-14-12-27/h2-3,6-8,15,21H,4-5,9-14,16-18H2,1H3. The smallest absolute Gasteiger partial charge is 0.242 e. The van der Waals surface area contributed by atoms with Gasteiger partial charge in [-0.3, -0.25) is 14.5 Å². The van der Waals surface area contributed by atoms with E-state index in [9.17, 15) is 14.0 Å². The lowest BCUT2D eigenvalue weighted by molar-refractivity contribution is -0.142. The van der Waals surface area contributed by atoms with Crippen molar-refractivity contribution in [2.75, 3.05) is 45.9 Å². The quantitative estimate of drug-likeness (QED) is 0.531. The summed E-state index contributed by atoms with van der Waals surface area (Å²) in [6.07, 6.45) is 1.82. The van der Waals surface area contributed by atoms with Crippen LogP contribution in [0.3, 0.4) is 0 Å². The number of nitrogens with zero attached hydrogens (tertiary/aromatic N) is 3. The second-order valence-corrected chi connectivity index (χ2v) is 9.89. The number of carbonyl (C=O) groups excluding carboxylic acids is 2. The van der Waals surface area contributed by atoms with E-state index in [1.807, 2.05) is 18.4 Å². The van der Waals surface area contributed by atoms with E-state index in [4.69, 9.17) is 4.74 Å². The minimum atomic E-state index is -0.296. The Hall–Kier alpha value is -2.29. The monoisotopic (exact) mass is 473 g/mol. The van der Waals surface area contributed by atoms with E-state index < -0.39 is 0 Å². The molecule has 2 amide bonds. The molecule has 1 aliphatic heterocycles. The molecular formula is C25H32FN3O3S. The van der Waals surface area contributed by atoms with Crippen LogP contribution in [0.1, 0.15) is 28.8 Å². The van der Waals surface area contributed by atoms with Gasteiger partial charge in [0.25, 0.3) is 0 Å². The molecule has 4 rings (SSSR count). The summed E-state index contributed by atoms with van der Waals surface area (Å²) in [6.45, 7) is 7.40. The summed E-state index contributed by atoms with van der Waals surface area (Å²) in [7, 11) is 0. The van der Waals surface area contributed by atoms with Crippen LogP contribution in [0.4, 0.5) is 4.39 Å². The van der Waals surface area contributed by atoms with Gasteiger partial charge < -0.3 is 14.5 Å². The highest BCUT2D eigenvalue weighted by Crippen LogP contribution is 2.31. The number of morpholine rings is 1. The van der Waals surface area contributed by atoms with Crippen LogP contribution in [-0.4, -0.2) is 72.5 Å². The van der Waals surface area contributed by atoms with E-state index in [-0.39, 0.29) is 30.1 Å². The Morgan fingerprint density at radius 1 is 1.09 bits per heavy atom. The SMILES string of the molecule is Cc1ccsc1CN(Cc1ccc(F)cc1)C(=O)CN(CCN1CCOCC1)C(=O)C1CC1. The van der Waals surface area contributed by atoms with Gasteiger partial charge in [-0.25, -0.2) is 4.39 Å². The van der Waals surface area contributed by atoms with Crippen LogP contribution in [0.2, 0.25) is 0 Å². The Bertz CT molecular complexity index is 939. The van der Waals surface area contributed by atoms with Crippen LogP contribution in [0.25, 0.3) is 0 Å². The van der Waals surface area contributed by atoms with Gasteiger partial charge in [0.1, 0.15) is 5.82 Å². The van der Waals surface area contributed by atoms with Crippen molar-refractivity contribution in [3.63, 3.8) is 0 Å². The van der Waals surface area contributed by atoms with Crippen LogP contribution in [0.15, 0.2) is 35.7 Å². The molecule has 2 fully saturated rings. The molecule has 0 bridgehead atoms. The summed E-state index contributed by atoms with van der Waals surface area (Å²) in [5.74, 6) is -0.226. The summed E-state index contributed by atoms with van der Waals surface area (Å²) >= 11 is 1.62. The van der Waals surface area contributed by atoms with Gasteiger partial charge in [-0.15, -0.1) is 11.3 Å². The van der Waals surface area contributed by atoms with Crippen molar-refractivity contribution in [1.82, 2.24) is 14.7 Å². The number of hydrogen-bond donors (Lipinski definition) is 0. The van der Waals surface area contributed by atoms with Gasteiger partial charge in [-0.05, 0) is 54.5 Å². The largest absolute Gasteiger partial charge is 0.379 e. The third-order valence-electron chi connectivity index (χ3n) is 6.30. The van der Waals surface area contributed by atoms with Gasteiger partial charge in [0.2, 0.25) is 11.8 Å². The van der Waals surface area contributed by atoms with Gasteiger partial charge in [-0.1, -0.05) is 12.1 Å². The summed E-state index contributed by atoms with van der Waals surface area (Å²) in [4.78, 5) is 33.4. The van der Waals surface area contributed by atoms with Crippen molar-refractivity contribution >= 4 is 23.2 Å². The molecular weight excluding hydrogens is 441 g/mol. The molecule has 0 atom stereocenters. The molecule has 0 radical (unpaired) electrons. The Labute approximate surface area is 198 Å². The molecule has 0 spiro atoms. The van der Waals surface area contributed by atoms with E-state index >= 15 is 0 Å². The van der Waals surface area contributed by atoms with Crippen molar-refractivity contribution in [2.45, 2.75) is 32.9 Å². The van der Waals surface area contributed by atoms with Crippen molar-refractivity contribution in [2.24, 2.45) is 5.92 Å². The average molecular weight is 474 g/mol. The number of halogens is 1. The van der Waals surface area contributed by atoms with Crippen molar-refractivity contribution < 1.29 is 18.7 Å². The van der Waals surface area contributed by atoms with Crippen LogP contribution in [-0.2, 0) is 27.4 Å². The van der Waals surface area contributed by atoms with Crippen LogP contribution in [0, 0.1) is 18.7 Å². The molecule has 1 saturated carbocycles. The predicted molar refractivity (Wildman–Crippen MR) is 126 cm³/mol. The zero-order valence-corrected chi connectivity index (χ0v) is 20.0. The number of thiophene rings is 1. The third kappa shape index (κ3) is 6.85. The fourth-order valence-electron chi connectivity index (χ4n) is 3.99. The van der Waals surface area contributed by atoms with Gasteiger partial charge >= 0.3 is 0 Å². The molecule has 33 heavy (non-hydrogen) atoms. The maximum atomic E-state index is 13.5. The highest BCUT2D eigenvalue weighted by molar-refractivity contribution is 7.10. The lowest BCUT2D eigenvalue weighted by atomic mass is 10.2. The van der Waals surface area contributed by atoms with Crippen LogP contribution < -0.4 is 0 Å². The van der Waals surface area contributed by atoms with Crippen molar-refractivity contribution in [3.8, 4) is 0 Å². The first kappa shape index (κ1) is 23.9. The van der Waals surface area contributed by atoms with Gasteiger partial charge in [0.05, 0.1) is 26.3 Å². The summed E-state index contributed by atoms with van der Waals surface area (Å²) in [6, 6.07) is 8.30. The zero-order valence-electron chi connectivity index (χ0n) is 19.2. The Morgan fingerprint density at radius 3 is 2.45 bits per heavy atom. The molecule has 1 aliphatic carbocycles. The minimum absolute atomic E-state index is 0.0626. The normalized spacial score (nSPS) is 16.5. The van der Waals surface area contributed by atoms with Crippen LogP contribution in [0.5, 0.6) is 0 Å². The summed E-state index contributed by atoms with van der Waals surface area (Å²) in [5, 5.41) is 2.02. The number of rotatable bonds is 10. The molecule has 2 aromatic rings. The van der Waals surface area contributed by atoms with Crippen LogP contribution >= 0.6 is 11.3 Å². The first-order valence-corrected chi connectivity index (χ1v) is 12.5. The first-order valence-electron chi connectivity index (χ1n) is 11.6. The third-order valence-corrected chi connectivity index (χ3v) is 7.30. The lowest BCUT2D eigenvalue weighted by Crippen LogP contribution is -2.47. The number of amides is 2.